The Bertz CT molecular complexity index is 150. The van der Waals surface area contributed by atoms with E-state index in [4.69, 9.17) is 11.5 Å². The fourth-order valence-corrected chi connectivity index (χ4v) is 0.397. The third-order valence-electron chi connectivity index (χ3n) is 0.800. The highest BCUT2D eigenvalue weighted by atomic mass is 19.1. The number of hydrogen-bond donors (Lipinski definition) is 1. The van der Waals surface area contributed by atoms with Crippen LogP contribution in [0.25, 0.3) is 0 Å². The Balaban J connectivity index is 3.63. The topological polar surface area (TPSA) is 46.5 Å². The maximum absolute atomic E-state index is 11.5. The summed E-state index contributed by atoms with van der Waals surface area (Å²) in [6, 6.07) is 0. The minimum Gasteiger partial charge on any atom is -0.450 e. The van der Waals surface area contributed by atoms with Crippen molar-refractivity contribution in [1.29, 1.82) is 0 Å². The summed E-state index contributed by atoms with van der Waals surface area (Å²) < 4.78 is 15.6. The van der Waals surface area contributed by atoms with Crippen LogP contribution in [0.3, 0.4) is 0 Å². The van der Waals surface area contributed by atoms with Gasteiger partial charge in [0.2, 0.25) is 0 Å². The number of ether oxygens (including phenoxy) is 1. The summed E-state index contributed by atoms with van der Waals surface area (Å²) in [5.41, 5.74) is 0. The SMILES string of the molecule is C#CC(CCF)OC(=O)O. The fourth-order valence-electron chi connectivity index (χ4n) is 0.397. The Morgan fingerprint density at radius 3 is 2.80 bits per heavy atom. The quantitative estimate of drug-likeness (QED) is 0.478. The van der Waals surface area contributed by atoms with Crippen LogP contribution in [-0.4, -0.2) is 24.0 Å². The first-order valence-electron chi connectivity index (χ1n) is 2.62. The van der Waals surface area contributed by atoms with Gasteiger partial charge in [0, 0.05) is 6.42 Å². The van der Waals surface area contributed by atoms with Crippen LogP contribution in [0.1, 0.15) is 6.42 Å². The van der Waals surface area contributed by atoms with Crippen LogP contribution in [-0.2, 0) is 4.74 Å². The molecule has 4 heteroatoms. The summed E-state index contributed by atoms with van der Waals surface area (Å²) in [7, 11) is 0. The molecule has 0 saturated heterocycles. The maximum atomic E-state index is 11.5. The van der Waals surface area contributed by atoms with Gasteiger partial charge in [0.15, 0.2) is 6.10 Å². The highest BCUT2D eigenvalue weighted by Crippen LogP contribution is 1.97. The van der Waals surface area contributed by atoms with Crippen LogP contribution in [0.15, 0.2) is 0 Å². The molecule has 0 fully saturated rings. The van der Waals surface area contributed by atoms with Crippen molar-refractivity contribution in [2.75, 3.05) is 6.67 Å². The molecule has 0 aromatic carbocycles. The molecule has 0 rings (SSSR count). The molecule has 0 aliphatic heterocycles. The Labute approximate surface area is 57.8 Å². The van der Waals surface area contributed by atoms with Gasteiger partial charge in [0.1, 0.15) is 0 Å². The lowest BCUT2D eigenvalue weighted by atomic mass is 10.3. The summed E-state index contributed by atoms with van der Waals surface area (Å²) in [5.74, 6) is 1.99. The van der Waals surface area contributed by atoms with Crippen molar-refractivity contribution in [3.63, 3.8) is 0 Å². The molecule has 0 heterocycles. The van der Waals surface area contributed by atoms with Crippen LogP contribution < -0.4 is 0 Å². The lowest BCUT2D eigenvalue weighted by Crippen LogP contribution is -2.15. The molecule has 0 amide bonds. The molecule has 1 atom stereocenters. The van der Waals surface area contributed by atoms with Crippen molar-refractivity contribution in [2.24, 2.45) is 0 Å². The average Bonchev–Trinajstić information content (AvgIpc) is 1.86. The molecule has 0 bridgehead atoms. The van der Waals surface area contributed by atoms with Crippen molar-refractivity contribution in [2.45, 2.75) is 12.5 Å². The van der Waals surface area contributed by atoms with Gasteiger partial charge in [-0.1, -0.05) is 5.92 Å². The summed E-state index contributed by atoms with van der Waals surface area (Å²) in [5, 5.41) is 8.00. The Hall–Kier alpha value is -1.24. The number of carboxylic acid groups (broad SMARTS) is 1. The van der Waals surface area contributed by atoms with E-state index in [-0.39, 0.29) is 6.42 Å². The number of carbonyl (C=O) groups is 1. The molecule has 3 nitrogen and oxygen atoms in total. The minimum absolute atomic E-state index is 0.0806. The van der Waals surface area contributed by atoms with E-state index >= 15 is 0 Å². The van der Waals surface area contributed by atoms with Crippen LogP contribution in [0.2, 0.25) is 0 Å². The highest BCUT2D eigenvalue weighted by molar-refractivity contribution is 5.57. The predicted molar refractivity (Wildman–Crippen MR) is 32.3 cm³/mol. The van der Waals surface area contributed by atoms with E-state index in [2.05, 4.69) is 4.74 Å². The summed E-state index contributed by atoms with van der Waals surface area (Å²) in [4.78, 5) is 9.80. The van der Waals surface area contributed by atoms with Crippen molar-refractivity contribution in [1.82, 2.24) is 0 Å². The lowest BCUT2D eigenvalue weighted by molar-refractivity contribution is 0.0673. The van der Waals surface area contributed by atoms with E-state index in [0.717, 1.165) is 0 Å². The van der Waals surface area contributed by atoms with Gasteiger partial charge in [-0.05, 0) is 0 Å². The second-order valence-electron chi connectivity index (χ2n) is 1.52. The first-order valence-corrected chi connectivity index (χ1v) is 2.62. The summed E-state index contributed by atoms with van der Waals surface area (Å²) in [6.45, 7) is -0.678. The van der Waals surface area contributed by atoms with Gasteiger partial charge in [-0.25, -0.2) is 4.79 Å². The van der Waals surface area contributed by atoms with Crippen molar-refractivity contribution in [3.05, 3.63) is 0 Å². The number of alkyl halides is 1. The van der Waals surface area contributed by atoms with Gasteiger partial charge in [-0.15, -0.1) is 6.42 Å². The molecule has 56 valence electrons. The average molecular weight is 146 g/mol. The van der Waals surface area contributed by atoms with Gasteiger partial charge in [-0.3, -0.25) is 4.39 Å². The Morgan fingerprint density at radius 2 is 2.50 bits per heavy atom. The zero-order valence-electron chi connectivity index (χ0n) is 5.21. The molecular formula is C6H7FO3. The van der Waals surface area contributed by atoms with Gasteiger partial charge in [0.05, 0.1) is 6.67 Å². The molecular weight excluding hydrogens is 139 g/mol. The van der Waals surface area contributed by atoms with E-state index in [9.17, 15) is 9.18 Å². The zero-order chi connectivity index (χ0) is 7.98. The van der Waals surface area contributed by atoms with E-state index < -0.39 is 18.9 Å². The molecule has 0 spiro atoms. The predicted octanol–water partition coefficient (Wildman–Crippen LogP) is 1.04. The normalized spacial score (nSPS) is 11.6. The van der Waals surface area contributed by atoms with Crippen molar-refractivity contribution >= 4 is 6.16 Å². The van der Waals surface area contributed by atoms with E-state index in [1.165, 1.54) is 0 Å². The molecule has 0 aliphatic carbocycles. The monoisotopic (exact) mass is 146 g/mol. The highest BCUT2D eigenvalue weighted by Gasteiger charge is 2.08. The molecule has 1 unspecified atom stereocenters. The van der Waals surface area contributed by atoms with Gasteiger partial charge in [-0.2, -0.15) is 0 Å². The molecule has 0 aromatic rings. The molecule has 0 aromatic heterocycles. The number of terminal acetylenes is 1. The molecule has 0 saturated carbocycles. The third kappa shape index (κ3) is 3.72. The molecule has 10 heavy (non-hydrogen) atoms. The smallest absolute Gasteiger partial charge is 0.450 e. The van der Waals surface area contributed by atoms with Crippen LogP contribution >= 0.6 is 0 Å². The Kier molecular flexibility index (Phi) is 4.05. The van der Waals surface area contributed by atoms with Gasteiger partial charge >= 0.3 is 6.16 Å². The first-order chi connectivity index (χ1) is 4.70. The minimum atomic E-state index is -1.48. The number of hydrogen-bond acceptors (Lipinski definition) is 2. The molecule has 1 N–H and O–H groups in total. The standard InChI is InChI=1S/C6H7FO3/c1-2-5(3-4-7)10-6(8)9/h1,5H,3-4H2,(H,8,9). The van der Waals surface area contributed by atoms with Gasteiger partial charge in [0.25, 0.3) is 0 Å². The second-order valence-corrected chi connectivity index (χ2v) is 1.52. The number of rotatable bonds is 3. The third-order valence-corrected chi connectivity index (χ3v) is 0.800. The molecule has 0 radical (unpaired) electrons. The summed E-state index contributed by atoms with van der Waals surface area (Å²) in [6.07, 6.45) is 2.29. The maximum Gasteiger partial charge on any atom is 0.507 e. The van der Waals surface area contributed by atoms with Crippen molar-refractivity contribution in [3.8, 4) is 12.3 Å². The molecule has 0 aliphatic rings. The van der Waals surface area contributed by atoms with E-state index in [1.807, 2.05) is 5.92 Å². The van der Waals surface area contributed by atoms with Crippen LogP contribution in [0.4, 0.5) is 9.18 Å². The number of halogens is 1. The largest absolute Gasteiger partial charge is 0.507 e. The lowest BCUT2D eigenvalue weighted by Gasteiger charge is -2.05. The van der Waals surface area contributed by atoms with Crippen molar-refractivity contribution < 1.29 is 19.0 Å². The van der Waals surface area contributed by atoms with Crippen LogP contribution in [0.5, 0.6) is 0 Å². The second kappa shape index (κ2) is 4.62. The van der Waals surface area contributed by atoms with E-state index in [1.54, 1.807) is 0 Å². The summed E-state index contributed by atoms with van der Waals surface area (Å²) >= 11 is 0. The van der Waals surface area contributed by atoms with E-state index in [0.29, 0.717) is 0 Å². The first kappa shape index (κ1) is 8.76. The van der Waals surface area contributed by atoms with Gasteiger partial charge < -0.3 is 9.84 Å². The fraction of sp³-hybridized carbons (Fsp3) is 0.500. The zero-order valence-corrected chi connectivity index (χ0v) is 5.21. The Morgan fingerprint density at radius 1 is 1.90 bits per heavy atom. The van der Waals surface area contributed by atoms with Crippen LogP contribution in [0, 0.1) is 12.3 Å².